The number of carbonyl (C=O) groups excluding carboxylic acids is 1. The van der Waals surface area contributed by atoms with E-state index in [-0.39, 0.29) is 21.2 Å². The number of amides is 1. The van der Waals surface area contributed by atoms with Crippen molar-refractivity contribution in [2.45, 2.75) is 23.6 Å². The van der Waals surface area contributed by atoms with Crippen LogP contribution >= 0.6 is 11.6 Å². The van der Waals surface area contributed by atoms with Crippen LogP contribution in [-0.2, 0) is 24.8 Å². The van der Waals surface area contributed by atoms with E-state index in [1.54, 1.807) is 67.6 Å². The van der Waals surface area contributed by atoms with Gasteiger partial charge in [-0.25, -0.2) is 16.8 Å². The largest absolute Gasteiger partial charge is 0.457 e. The third-order valence-corrected chi connectivity index (χ3v) is 10.3. The Kier molecular flexibility index (Phi) is 9.66. The van der Waals surface area contributed by atoms with E-state index in [4.69, 9.17) is 16.3 Å². The standard InChI is InChI=1S/C34H30ClN3O6S2/c1-24-8-18-32(19-9-24)46(42,43)38(28-14-16-30(17-15-28)44-29-6-4-3-5-7-29)23-34(39)36-27-12-20-31(21-13-27)45(40,41)37-33-22-26(35)11-10-25(33)2/h3-22,37H,23H2,1-2H3,(H,36,39). The molecule has 0 saturated heterocycles. The summed E-state index contributed by atoms with van der Waals surface area (Å²) in [5.74, 6) is 0.471. The van der Waals surface area contributed by atoms with Crippen LogP contribution in [-0.4, -0.2) is 29.3 Å². The smallest absolute Gasteiger partial charge is 0.264 e. The molecule has 0 atom stereocenters. The van der Waals surface area contributed by atoms with Crippen LogP contribution in [0.3, 0.4) is 0 Å². The van der Waals surface area contributed by atoms with Crippen molar-refractivity contribution in [3.63, 3.8) is 0 Å². The number of sulfonamides is 2. The highest BCUT2D eigenvalue weighted by molar-refractivity contribution is 7.93. The molecule has 0 fully saturated rings. The first-order chi connectivity index (χ1) is 21.9. The summed E-state index contributed by atoms with van der Waals surface area (Å²) in [6.07, 6.45) is 0. The van der Waals surface area contributed by atoms with E-state index in [1.165, 1.54) is 42.5 Å². The SMILES string of the molecule is Cc1ccc(S(=O)(=O)N(CC(=O)Nc2ccc(S(=O)(=O)Nc3cc(Cl)ccc3C)cc2)c2ccc(Oc3ccccc3)cc2)cc1. The number of hydrogen-bond donors (Lipinski definition) is 2. The Bertz CT molecular complexity index is 2060. The maximum atomic E-state index is 13.8. The van der Waals surface area contributed by atoms with Gasteiger partial charge in [0.15, 0.2) is 0 Å². The Morgan fingerprint density at radius 2 is 1.35 bits per heavy atom. The fraction of sp³-hybridized carbons (Fsp3) is 0.0882. The van der Waals surface area contributed by atoms with Crippen molar-refractivity contribution in [2.75, 3.05) is 20.9 Å². The van der Waals surface area contributed by atoms with Crippen LogP contribution in [0.4, 0.5) is 17.1 Å². The normalized spacial score (nSPS) is 11.5. The average Bonchev–Trinajstić information content (AvgIpc) is 3.03. The fourth-order valence-corrected chi connectivity index (χ4v) is 7.13. The highest BCUT2D eigenvalue weighted by atomic mass is 35.5. The number of rotatable bonds is 11. The fourth-order valence-electron chi connectivity index (χ4n) is 4.41. The van der Waals surface area contributed by atoms with E-state index in [2.05, 4.69) is 10.0 Å². The van der Waals surface area contributed by atoms with Crippen LogP contribution < -0.4 is 19.1 Å². The molecule has 0 aromatic heterocycles. The first-order valence-corrected chi connectivity index (χ1v) is 17.3. The molecule has 0 heterocycles. The van der Waals surface area contributed by atoms with E-state index in [1.807, 2.05) is 25.1 Å². The number of para-hydroxylation sites is 1. The zero-order valence-electron chi connectivity index (χ0n) is 24.8. The Morgan fingerprint density at radius 3 is 2.00 bits per heavy atom. The predicted molar refractivity (Wildman–Crippen MR) is 181 cm³/mol. The molecule has 236 valence electrons. The molecule has 5 rings (SSSR count). The topological polar surface area (TPSA) is 122 Å². The van der Waals surface area contributed by atoms with Gasteiger partial charge in [0.1, 0.15) is 18.0 Å². The van der Waals surface area contributed by atoms with E-state index >= 15 is 0 Å². The molecule has 46 heavy (non-hydrogen) atoms. The molecule has 9 nitrogen and oxygen atoms in total. The molecular weight excluding hydrogens is 646 g/mol. The van der Waals surface area contributed by atoms with Gasteiger partial charge in [-0.3, -0.25) is 13.8 Å². The van der Waals surface area contributed by atoms with Crippen molar-refractivity contribution in [1.82, 2.24) is 0 Å². The summed E-state index contributed by atoms with van der Waals surface area (Å²) >= 11 is 6.02. The van der Waals surface area contributed by atoms with Crippen molar-refractivity contribution in [3.8, 4) is 11.5 Å². The van der Waals surface area contributed by atoms with Crippen molar-refractivity contribution < 1.29 is 26.4 Å². The number of ether oxygens (including phenoxy) is 1. The Hall–Kier alpha value is -4.84. The maximum Gasteiger partial charge on any atom is 0.264 e. The number of aryl methyl sites for hydroxylation is 2. The van der Waals surface area contributed by atoms with Gasteiger partial charge in [0.2, 0.25) is 5.91 Å². The second-order valence-corrected chi connectivity index (χ2v) is 14.4. The third kappa shape index (κ3) is 7.86. The van der Waals surface area contributed by atoms with Crippen molar-refractivity contribution in [2.24, 2.45) is 0 Å². The lowest BCUT2D eigenvalue weighted by atomic mass is 10.2. The monoisotopic (exact) mass is 675 g/mol. The molecule has 0 unspecified atom stereocenters. The minimum Gasteiger partial charge on any atom is -0.457 e. The summed E-state index contributed by atoms with van der Waals surface area (Å²) in [5.41, 5.74) is 2.45. The lowest BCUT2D eigenvalue weighted by Gasteiger charge is -2.24. The quantitative estimate of drug-likeness (QED) is 0.151. The van der Waals surface area contributed by atoms with Gasteiger partial charge in [0, 0.05) is 10.7 Å². The molecule has 2 N–H and O–H groups in total. The van der Waals surface area contributed by atoms with Crippen LogP contribution in [0.2, 0.25) is 5.02 Å². The van der Waals surface area contributed by atoms with Gasteiger partial charge in [0.25, 0.3) is 20.0 Å². The average molecular weight is 676 g/mol. The van der Waals surface area contributed by atoms with Crippen molar-refractivity contribution >= 4 is 54.6 Å². The molecule has 0 aliphatic heterocycles. The van der Waals surface area contributed by atoms with Crippen LogP contribution in [0.5, 0.6) is 11.5 Å². The Balaban J connectivity index is 1.35. The van der Waals surface area contributed by atoms with Gasteiger partial charge in [-0.2, -0.15) is 0 Å². The predicted octanol–water partition coefficient (Wildman–Crippen LogP) is 7.38. The molecular formula is C34H30ClN3O6S2. The summed E-state index contributed by atoms with van der Waals surface area (Å²) in [4.78, 5) is 13.2. The lowest BCUT2D eigenvalue weighted by molar-refractivity contribution is -0.114. The van der Waals surface area contributed by atoms with Gasteiger partial charge < -0.3 is 10.1 Å². The van der Waals surface area contributed by atoms with Crippen LogP contribution in [0.1, 0.15) is 11.1 Å². The van der Waals surface area contributed by atoms with Gasteiger partial charge in [0.05, 0.1) is 21.2 Å². The lowest BCUT2D eigenvalue weighted by Crippen LogP contribution is -2.38. The zero-order chi connectivity index (χ0) is 32.9. The second-order valence-electron chi connectivity index (χ2n) is 10.4. The van der Waals surface area contributed by atoms with Crippen molar-refractivity contribution in [1.29, 1.82) is 0 Å². The summed E-state index contributed by atoms with van der Waals surface area (Å²) < 4.78 is 62.9. The van der Waals surface area contributed by atoms with Gasteiger partial charge in [-0.05, 0) is 104 Å². The summed E-state index contributed by atoms with van der Waals surface area (Å²) in [6, 6.07) is 32.2. The molecule has 1 amide bonds. The second kappa shape index (κ2) is 13.7. The molecule has 0 spiro atoms. The van der Waals surface area contributed by atoms with E-state index in [0.29, 0.717) is 27.8 Å². The minimum atomic E-state index is -4.16. The number of benzene rings is 5. The number of carbonyl (C=O) groups is 1. The van der Waals surface area contributed by atoms with E-state index < -0.39 is 32.5 Å². The zero-order valence-corrected chi connectivity index (χ0v) is 27.2. The first kappa shape index (κ1) is 32.6. The minimum absolute atomic E-state index is 0.0208. The van der Waals surface area contributed by atoms with Crippen molar-refractivity contribution in [3.05, 3.63) is 137 Å². The van der Waals surface area contributed by atoms with E-state index in [9.17, 15) is 21.6 Å². The van der Waals surface area contributed by atoms with Gasteiger partial charge in [-0.1, -0.05) is 53.6 Å². The molecule has 0 bridgehead atoms. The number of hydrogen-bond acceptors (Lipinski definition) is 6. The molecule has 12 heteroatoms. The number of halogens is 1. The Labute approximate surface area is 273 Å². The van der Waals surface area contributed by atoms with Crippen LogP contribution in [0.15, 0.2) is 131 Å². The maximum absolute atomic E-state index is 13.8. The Morgan fingerprint density at radius 1 is 0.739 bits per heavy atom. The van der Waals surface area contributed by atoms with Crippen LogP contribution in [0.25, 0.3) is 0 Å². The van der Waals surface area contributed by atoms with Gasteiger partial charge >= 0.3 is 0 Å². The van der Waals surface area contributed by atoms with Crippen LogP contribution in [0, 0.1) is 13.8 Å². The number of anilines is 3. The first-order valence-electron chi connectivity index (χ1n) is 14.0. The number of nitrogens with zero attached hydrogens (tertiary/aromatic N) is 1. The molecule has 5 aromatic carbocycles. The summed E-state index contributed by atoms with van der Waals surface area (Å²) in [7, 11) is -8.11. The molecule has 5 aromatic rings. The third-order valence-electron chi connectivity index (χ3n) is 6.89. The number of nitrogens with one attached hydrogen (secondary N) is 2. The highest BCUT2D eigenvalue weighted by Crippen LogP contribution is 2.29. The molecule has 0 radical (unpaired) electrons. The van der Waals surface area contributed by atoms with Gasteiger partial charge in [-0.15, -0.1) is 0 Å². The van der Waals surface area contributed by atoms with E-state index in [0.717, 1.165) is 9.87 Å². The summed E-state index contributed by atoms with van der Waals surface area (Å²) in [6.45, 7) is 3.05. The molecule has 0 saturated carbocycles. The highest BCUT2D eigenvalue weighted by Gasteiger charge is 2.27. The molecule has 0 aliphatic rings. The summed E-state index contributed by atoms with van der Waals surface area (Å²) in [5, 5.41) is 3.05. The molecule has 0 aliphatic carbocycles.